The SMILES string of the molecule is COC(=O)c1cc(OCC23CCC(C=Cc4c(-c5c(Cl)cncc5Cl)noc4C4CC4)(CC2)CC3)cc(OC(F)F)c1. The molecule has 3 aromatic rings. The maximum Gasteiger partial charge on any atom is 0.387 e. The minimum atomic E-state index is -3.02. The van der Waals surface area contributed by atoms with Crippen LogP contribution in [0.4, 0.5) is 8.78 Å². The third-order valence-corrected chi connectivity index (χ3v) is 9.50. The summed E-state index contributed by atoms with van der Waals surface area (Å²) in [5.74, 6) is 0.727. The van der Waals surface area contributed by atoms with Crippen LogP contribution in [0.5, 0.6) is 11.5 Å². The first kappa shape index (κ1) is 28.9. The van der Waals surface area contributed by atoms with Crippen molar-refractivity contribution >= 4 is 35.2 Å². The van der Waals surface area contributed by atoms with Gasteiger partial charge in [-0.05, 0) is 68.9 Å². The molecule has 4 aliphatic rings. The minimum Gasteiger partial charge on any atom is -0.493 e. The number of pyridine rings is 1. The second-order valence-corrected chi connectivity index (χ2v) is 12.4. The monoisotopic (exact) mass is 618 g/mol. The van der Waals surface area contributed by atoms with Crippen molar-refractivity contribution in [3.63, 3.8) is 0 Å². The lowest BCUT2D eigenvalue weighted by molar-refractivity contribution is -0.0502. The van der Waals surface area contributed by atoms with E-state index >= 15 is 0 Å². The number of ether oxygens (including phenoxy) is 3. The fourth-order valence-corrected chi connectivity index (χ4v) is 6.79. The Hall–Kier alpha value is -3.17. The Morgan fingerprint density at radius 1 is 1.07 bits per heavy atom. The van der Waals surface area contributed by atoms with Crippen molar-refractivity contribution in [2.24, 2.45) is 10.8 Å². The number of carbonyl (C=O) groups excluding carboxylic acids is 1. The molecule has 2 heterocycles. The molecule has 2 aromatic heterocycles. The molecule has 4 aliphatic carbocycles. The van der Waals surface area contributed by atoms with E-state index in [9.17, 15) is 13.6 Å². The Bertz CT molecular complexity index is 1480. The molecule has 222 valence electrons. The van der Waals surface area contributed by atoms with E-state index in [0.29, 0.717) is 39.6 Å². The van der Waals surface area contributed by atoms with Crippen LogP contribution in [0.3, 0.4) is 0 Å². The summed E-state index contributed by atoms with van der Waals surface area (Å²) in [5, 5.41) is 5.23. The van der Waals surface area contributed by atoms with Crippen molar-refractivity contribution in [2.75, 3.05) is 13.7 Å². The first-order valence-electron chi connectivity index (χ1n) is 14.0. The molecule has 42 heavy (non-hydrogen) atoms. The maximum atomic E-state index is 12.9. The third-order valence-electron chi connectivity index (χ3n) is 8.93. The van der Waals surface area contributed by atoms with Gasteiger partial charge in [-0.3, -0.25) is 4.98 Å². The lowest BCUT2D eigenvalue weighted by Crippen LogP contribution is -2.43. The summed E-state index contributed by atoms with van der Waals surface area (Å²) >= 11 is 12.9. The van der Waals surface area contributed by atoms with E-state index in [2.05, 4.69) is 27.0 Å². The molecule has 0 atom stereocenters. The number of hydrogen-bond acceptors (Lipinski definition) is 7. The molecular weight excluding hydrogens is 589 g/mol. The van der Waals surface area contributed by atoms with Gasteiger partial charge in [0.15, 0.2) is 0 Å². The summed E-state index contributed by atoms with van der Waals surface area (Å²) in [6, 6.07) is 4.09. The average molecular weight is 619 g/mol. The molecule has 11 heteroatoms. The normalized spacial score (nSPS) is 23.5. The lowest BCUT2D eigenvalue weighted by atomic mass is 9.54. The Kier molecular flexibility index (Phi) is 7.91. The third kappa shape index (κ3) is 5.86. The number of rotatable bonds is 10. The molecule has 0 unspecified atom stereocenters. The van der Waals surface area contributed by atoms with Gasteiger partial charge in [0.25, 0.3) is 0 Å². The molecule has 0 amide bonds. The fourth-order valence-electron chi connectivity index (χ4n) is 6.25. The van der Waals surface area contributed by atoms with E-state index < -0.39 is 12.6 Å². The number of alkyl halides is 2. The van der Waals surface area contributed by atoms with Crippen LogP contribution < -0.4 is 9.47 Å². The highest BCUT2D eigenvalue weighted by molar-refractivity contribution is 6.39. The zero-order valence-electron chi connectivity index (χ0n) is 23.0. The predicted octanol–water partition coefficient (Wildman–Crippen LogP) is 8.74. The molecule has 4 fully saturated rings. The van der Waals surface area contributed by atoms with E-state index in [4.69, 9.17) is 37.2 Å². The number of aromatic nitrogens is 2. The van der Waals surface area contributed by atoms with Crippen LogP contribution in [0.2, 0.25) is 10.0 Å². The van der Waals surface area contributed by atoms with Gasteiger partial charge in [-0.1, -0.05) is 40.5 Å². The summed E-state index contributed by atoms with van der Waals surface area (Å²) in [4.78, 5) is 16.1. The van der Waals surface area contributed by atoms with Gasteiger partial charge in [-0.15, -0.1) is 0 Å². The van der Waals surface area contributed by atoms with E-state index in [1.807, 2.05) is 0 Å². The summed E-state index contributed by atoms with van der Waals surface area (Å²) in [6.07, 6.45) is 15.6. The molecular formula is C31H30Cl2F2N2O5. The number of esters is 1. The van der Waals surface area contributed by atoms with E-state index in [1.165, 1.54) is 25.3 Å². The summed E-state index contributed by atoms with van der Waals surface area (Å²) < 4.78 is 46.9. The number of nitrogens with zero attached hydrogens (tertiary/aromatic N) is 2. The van der Waals surface area contributed by atoms with Crippen molar-refractivity contribution < 1.29 is 32.3 Å². The molecule has 0 spiro atoms. The number of hydrogen-bond donors (Lipinski definition) is 0. The van der Waals surface area contributed by atoms with Crippen LogP contribution in [0, 0.1) is 10.8 Å². The average Bonchev–Trinajstić information content (AvgIpc) is 3.75. The molecule has 2 bridgehead atoms. The van der Waals surface area contributed by atoms with Gasteiger partial charge in [0, 0.05) is 40.9 Å². The highest BCUT2D eigenvalue weighted by Crippen LogP contribution is 2.58. The van der Waals surface area contributed by atoms with Gasteiger partial charge in [0.05, 0.1) is 29.3 Å². The second kappa shape index (κ2) is 11.5. The number of allylic oxidation sites excluding steroid dienone is 1. The fraction of sp³-hybridized carbons (Fsp3) is 0.452. The Morgan fingerprint density at radius 3 is 2.36 bits per heavy atom. The van der Waals surface area contributed by atoms with E-state index in [0.717, 1.165) is 62.7 Å². The Labute approximate surface area is 252 Å². The zero-order valence-corrected chi connectivity index (χ0v) is 24.5. The smallest absolute Gasteiger partial charge is 0.387 e. The first-order chi connectivity index (χ1) is 20.2. The van der Waals surface area contributed by atoms with Crippen LogP contribution in [0.15, 0.2) is 41.2 Å². The van der Waals surface area contributed by atoms with Crippen LogP contribution in [0.1, 0.15) is 79.0 Å². The highest BCUT2D eigenvalue weighted by Gasteiger charge is 2.48. The number of fused-ring (bicyclic) bond motifs is 3. The van der Waals surface area contributed by atoms with E-state index in [-0.39, 0.29) is 22.1 Å². The minimum absolute atomic E-state index is 0.0276. The molecule has 0 radical (unpaired) electrons. The first-order valence-corrected chi connectivity index (χ1v) is 14.7. The van der Waals surface area contributed by atoms with Crippen LogP contribution in [0.25, 0.3) is 17.3 Å². The standard InChI is InChI=1S/C31H30Cl2F2N2O5/c1-39-28(38)19-12-20(14-21(13-19)41-29(34)35)40-17-31-9-6-30(7-10-31,8-11-31)5-4-22-26(37-42-27(22)18-2-3-18)25-23(32)15-36-16-24(25)33/h4-5,12-16,18,29H,2-3,6-11,17H2,1H3. The molecule has 7 rings (SSSR count). The van der Waals surface area contributed by atoms with Crippen molar-refractivity contribution in [2.45, 2.75) is 63.9 Å². The van der Waals surface area contributed by atoms with Crippen LogP contribution in [-0.2, 0) is 4.74 Å². The number of benzene rings is 1. The molecule has 4 saturated carbocycles. The van der Waals surface area contributed by atoms with Crippen molar-refractivity contribution in [3.05, 3.63) is 63.6 Å². The summed E-state index contributed by atoms with van der Waals surface area (Å²) in [6.45, 7) is -2.60. The molecule has 0 saturated heterocycles. The quantitative estimate of drug-likeness (QED) is 0.210. The lowest BCUT2D eigenvalue weighted by Gasteiger charge is -2.52. The van der Waals surface area contributed by atoms with Crippen LogP contribution in [-0.4, -0.2) is 36.4 Å². The second-order valence-electron chi connectivity index (χ2n) is 11.6. The molecule has 0 aliphatic heterocycles. The molecule has 0 N–H and O–H groups in total. The van der Waals surface area contributed by atoms with Gasteiger partial charge in [0.2, 0.25) is 0 Å². The summed E-state index contributed by atoms with van der Waals surface area (Å²) in [5.41, 5.74) is 2.31. The predicted molar refractivity (Wildman–Crippen MR) is 153 cm³/mol. The molecule has 1 aromatic carbocycles. The summed E-state index contributed by atoms with van der Waals surface area (Å²) in [7, 11) is 1.23. The van der Waals surface area contributed by atoms with Crippen molar-refractivity contribution in [1.29, 1.82) is 0 Å². The Morgan fingerprint density at radius 2 is 1.74 bits per heavy atom. The van der Waals surface area contributed by atoms with E-state index in [1.54, 1.807) is 12.4 Å². The number of methoxy groups -OCH3 is 1. The van der Waals surface area contributed by atoms with Gasteiger partial charge in [-0.25, -0.2) is 4.79 Å². The van der Waals surface area contributed by atoms with Crippen molar-refractivity contribution in [1.82, 2.24) is 10.1 Å². The highest BCUT2D eigenvalue weighted by atomic mass is 35.5. The maximum absolute atomic E-state index is 12.9. The van der Waals surface area contributed by atoms with Gasteiger partial charge >= 0.3 is 12.6 Å². The zero-order chi connectivity index (χ0) is 29.5. The Balaban J connectivity index is 1.17. The largest absolute Gasteiger partial charge is 0.493 e. The van der Waals surface area contributed by atoms with Gasteiger partial charge < -0.3 is 18.7 Å². The molecule has 7 nitrogen and oxygen atoms in total. The number of carbonyl (C=O) groups is 1. The van der Waals surface area contributed by atoms with Gasteiger partial charge in [-0.2, -0.15) is 8.78 Å². The van der Waals surface area contributed by atoms with Crippen LogP contribution >= 0.6 is 23.2 Å². The van der Waals surface area contributed by atoms with Gasteiger partial charge in [0.1, 0.15) is 23.0 Å². The number of halogens is 4. The topological polar surface area (TPSA) is 83.7 Å². The van der Waals surface area contributed by atoms with Crippen molar-refractivity contribution in [3.8, 4) is 22.8 Å².